The Kier molecular flexibility index (Phi) is 6.47. The Morgan fingerprint density at radius 1 is 0.870 bits per heavy atom. The van der Waals surface area contributed by atoms with Crippen molar-refractivity contribution in [3.8, 4) is 5.75 Å². The number of anilines is 2. The van der Waals surface area contributed by atoms with Crippen LogP contribution in [-0.4, -0.2) is 117 Å². The molecule has 2 N–H and O–H groups in total. The number of hydrogen-bond donors (Lipinski definition) is 2. The van der Waals surface area contributed by atoms with Crippen molar-refractivity contribution in [3.05, 3.63) is 64.9 Å². The second-order valence-electron chi connectivity index (χ2n) is 19.1. The molecule has 0 aromatic heterocycles. The molecule has 0 bridgehead atoms. The number of esters is 1. The zero-order valence-corrected chi connectivity index (χ0v) is 33.0. The monoisotopic (exact) mass is 798 g/mol. The van der Waals surface area contributed by atoms with E-state index in [-0.39, 0.29) is 74.3 Å². The first-order chi connectivity index (χ1) is 25.8. The van der Waals surface area contributed by atoms with Gasteiger partial charge in [-0.1, -0.05) is 30.3 Å². The Labute approximate surface area is 327 Å². The van der Waals surface area contributed by atoms with Gasteiger partial charge in [-0.3, -0.25) is 9.80 Å². The van der Waals surface area contributed by atoms with Crippen LogP contribution >= 0.6 is 17.0 Å². The molecule has 54 heavy (non-hydrogen) atoms. The average Bonchev–Trinajstić information content (AvgIpc) is 4.01. The molecule has 2 aromatic rings. The fourth-order valence-corrected chi connectivity index (χ4v) is 16.9. The molecule has 286 valence electrons. The number of nitrogens with zero attached hydrogens (tertiary/aromatic N) is 3. The van der Waals surface area contributed by atoms with Crippen molar-refractivity contribution < 1.29 is 28.8 Å². The average molecular weight is 800 g/mol. The highest BCUT2D eigenvalue weighted by Crippen LogP contribution is 2.75. The highest BCUT2D eigenvalue weighted by molar-refractivity contribution is 8.93. The summed E-state index contributed by atoms with van der Waals surface area (Å²) in [7, 11) is 3.33. The molecule has 0 radical (unpaired) electrons. The number of rotatable bonds is 2. The number of hydrogen-bond acceptors (Lipinski definition) is 10. The van der Waals surface area contributed by atoms with Crippen molar-refractivity contribution in [1.82, 2.24) is 9.80 Å². The number of ether oxygens (including phenoxy) is 4. The van der Waals surface area contributed by atoms with Gasteiger partial charge in [0, 0.05) is 78.0 Å². The lowest BCUT2D eigenvalue weighted by Gasteiger charge is -2.70. The molecular formula is C43H51BrN4O6. The molecule has 0 amide bonds. The minimum absolute atomic E-state index is 0. The Bertz CT molecular complexity index is 2060. The van der Waals surface area contributed by atoms with E-state index in [0.29, 0.717) is 25.5 Å². The molecule has 11 heteroatoms. The minimum atomic E-state index is -0.960. The van der Waals surface area contributed by atoms with Crippen molar-refractivity contribution in [1.29, 1.82) is 0 Å². The summed E-state index contributed by atoms with van der Waals surface area (Å²) >= 11 is 0. The third-order valence-electron chi connectivity index (χ3n) is 17.5. The summed E-state index contributed by atoms with van der Waals surface area (Å²) < 4.78 is 25.8. The van der Waals surface area contributed by atoms with Gasteiger partial charge in [0.2, 0.25) is 0 Å². The van der Waals surface area contributed by atoms with Gasteiger partial charge in [-0.25, -0.2) is 4.79 Å². The summed E-state index contributed by atoms with van der Waals surface area (Å²) in [5, 5.41) is 17.8. The van der Waals surface area contributed by atoms with Crippen LogP contribution in [0.4, 0.5) is 11.4 Å². The second-order valence-corrected chi connectivity index (χ2v) is 19.1. The molecule has 13 rings (SSSR count). The van der Waals surface area contributed by atoms with Crippen LogP contribution in [0.15, 0.2) is 53.7 Å². The fourth-order valence-electron chi connectivity index (χ4n) is 16.9. The van der Waals surface area contributed by atoms with Crippen molar-refractivity contribution in [2.45, 2.75) is 98.1 Å². The maximum Gasteiger partial charge on any atom is 0.335 e. The number of carbonyl (C=O) groups is 1. The molecule has 2 aromatic carbocycles. The van der Waals surface area contributed by atoms with Gasteiger partial charge < -0.3 is 34.3 Å². The first-order valence-corrected chi connectivity index (χ1v) is 20.4. The zero-order chi connectivity index (χ0) is 35.3. The van der Waals surface area contributed by atoms with Crippen LogP contribution in [0.3, 0.4) is 0 Å². The number of piperidine rings is 3. The quantitative estimate of drug-likeness (QED) is 0.423. The van der Waals surface area contributed by atoms with E-state index in [1.807, 2.05) is 7.11 Å². The zero-order valence-electron chi connectivity index (χ0n) is 31.3. The number of aliphatic hydroxyl groups is 1. The molecule has 5 spiro atoms. The molecule has 10 nitrogen and oxygen atoms in total. The van der Waals surface area contributed by atoms with E-state index in [1.165, 1.54) is 23.9 Å². The number of methoxy groups -OCH3 is 2. The standard InChI is InChI=1S/C43H50N4O6.BrH/c1-50-29-9-5-7-27-31(29)47-24-38(21-41(49)22-40-14-18-52-30(40)10-15-45-16-12-43(27,35(40)45)36(41)47)23-46-17-11-42-26-6-3-4-8-28(26)44-32(42)25(33(48)51-2)20-39(34(42)46)13-19-53-37(38)39;/h3-9,30,34-37,44,49H,10-24H2,1-2H3;1H. The molecule has 2 aliphatic carbocycles. The fraction of sp³-hybridized carbons (Fsp3) is 0.651. The summed E-state index contributed by atoms with van der Waals surface area (Å²) in [5.41, 5.74) is 4.56. The highest BCUT2D eigenvalue weighted by Gasteiger charge is 2.82. The Morgan fingerprint density at radius 3 is 2.56 bits per heavy atom. The van der Waals surface area contributed by atoms with Gasteiger partial charge in [-0.15, -0.1) is 17.0 Å². The Balaban J connectivity index is 0.00000325. The Morgan fingerprint density at radius 2 is 1.69 bits per heavy atom. The van der Waals surface area contributed by atoms with Gasteiger partial charge in [0.15, 0.2) is 0 Å². The van der Waals surface area contributed by atoms with Gasteiger partial charge in [0.05, 0.1) is 54.7 Å². The van der Waals surface area contributed by atoms with Crippen LogP contribution < -0.4 is 15.0 Å². The molecule has 9 heterocycles. The number of carbonyl (C=O) groups excluding carboxylic acids is 1. The van der Waals surface area contributed by atoms with E-state index in [0.717, 1.165) is 101 Å². The summed E-state index contributed by atoms with van der Waals surface area (Å²) in [4.78, 5) is 22.2. The van der Waals surface area contributed by atoms with Gasteiger partial charge in [-0.2, -0.15) is 0 Å². The van der Waals surface area contributed by atoms with Crippen LogP contribution in [0.5, 0.6) is 5.75 Å². The van der Waals surface area contributed by atoms with Gasteiger partial charge in [-0.05, 0) is 87.7 Å². The maximum atomic E-state index is 14.0. The van der Waals surface area contributed by atoms with Gasteiger partial charge in [0.25, 0.3) is 0 Å². The van der Waals surface area contributed by atoms with E-state index in [9.17, 15) is 9.90 Å². The van der Waals surface area contributed by atoms with Crippen molar-refractivity contribution in [2.24, 2.45) is 16.2 Å². The number of benzene rings is 2. The molecule has 1 saturated carbocycles. The van der Waals surface area contributed by atoms with Crippen LogP contribution in [-0.2, 0) is 29.8 Å². The lowest BCUT2D eigenvalue weighted by molar-refractivity contribution is -0.219. The predicted molar refractivity (Wildman–Crippen MR) is 206 cm³/mol. The molecule has 11 unspecified atom stereocenters. The van der Waals surface area contributed by atoms with Crippen molar-refractivity contribution in [3.63, 3.8) is 0 Å². The topological polar surface area (TPSA) is 96.0 Å². The van der Waals surface area contributed by atoms with E-state index < -0.39 is 5.60 Å². The molecule has 7 saturated heterocycles. The van der Waals surface area contributed by atoms with Crippen LogP contribution in [0.1, 0.15) is 62.5 Å². The Hall–Kier alpha value is -2.67. The van der Waals surface area contributed by atoms with Gasteiger partial charge in [0.1, 0.15) is 5.75 Å². The lowest BCUT2D eigenvalue weighted by Crippen LogP contribution is -2.81. The van der Waals surface area contributed by atoms with Crippen LogP contribution in [0, 0.1) is 16.2 Å². The van der Waals surface area contributed by atoms with E-state index >= 15 is 0 Å². The van der Waals surface area contributed by atoms with Crippen molar-refractivity contribution in [2.75, 3.05) is 70.4 Å². The van der Waals surface area contributed by atoms with E-state index in [2.05, 4.69) is 62.5 Å². The van der Waals surface area contributed by atoms with E-state index in [1.54, 1.807) is 0 Å². The molecular weight excluding hydrogens is 748 g/mol. The predicted octanol–water partition coefficient (Wildman–Crippen LogP) is 4.54. The van der Waals surface area contributed by atoms with Crippen LogP contribution in [0.2, 0.25) is 0 Å². The summed E-state index contributed by atoms with van der Waals surface area (Å²) in [6.07, 6.45) is 7.05. The number of halogens is 1. The molecule has 11 aliphatic rings. The van der Waals surface area contributed by atoms with Crippen molar-refractivity contribution >= 4 is 34.3 Å². The smallest absolute Gasteiger partial charge is 0.335 e. The number of nitrogens with one attached hydrogen (secondary N) is 1. The summed E-state index contributed by atoms with van der Waals surface area (Å²) in [5.74, 6) is 0.683. The largest absolute Gasteiger partial charge is 0.495 e. The number of para-hydroxylation sites is 2. The first kappa shape index (κ1) is 33.5. The van der Waals surface area contributed by atoms with E-state index in [4.69, 9.17) is 18.9 Å². The SMILES string of the molecule is Br.COC(=O)C1=C2Nc3ccccc3C23CCN2CC4(CN5c6c(OC)cccc6C67CCN8CCC9OCCC9(CC(O)(C4)C56)C87)C4OCCC4(C1)C23. The highest BCUT2D eigenvalue weighted by atomic mass is 79.9. The van der Waals surface area contributed by atoms with Gasteiger partial charge >= 0.3 is 5.97 Å². The normalized spacial score (nSPS) is 46.7. The minimum Gasteiger partial charge on any atom is -0.495 e. The molecule has 8 fully saturated rings. The van der Waals surface area contributed by atoms with Crippen LogP contribution in [0.25, 0.3) is 0 Å². The third-order valence-corrected chi connectivity index (χ3v) is 17.5. The maximum absolute atomic E-state index is 14.0. The third kappa shape index (κ3) is 3.39. The lowest BCUT2D eigenvalue weighted by atomic mass is 9.43. The molecule has 11 atom stereocenters. The first-order valence-electron chi connectivity index (χ1n) is 20.4. The summed E-state index contributed by atoms with van der Waals surface area (Å²) in [6, 6.07) is 15.9. The molecule has 9 aliphatic heterocycles. The summed E-state index contributed by atoms with van der Waals surface area (Å²) in [6.45, 7) is 6.18. The number of fused-ring (bicyclic) bond motifs is 4. The second kappa shape index (κ2) is 10.4.